The first-order chi connectivity index (χ1) is 13.5. The number of pyridine rings is 1. The molecule has 4 nitrogen and oxygen atoms in total. The largest absolute Gasteiger partial charge is 0.485 e. The van der Waals surface area contributed by atoms with Crippen LogP contribution in [0.5, 0.6) is 5.75 Å². The fourth-order valence-corrected chi connectivity index (χ4v) is 3.89. The summed E-state index contributed by atoms with van der Waals surface area (Å²) in [4.78, 5) is 5.87. The van der Waals surface area contributed by atoms with Gasteiger partial charge in [-0.2, -0.15) is 4.39 Å². The van der Waals surface area contributed by atoms with Crippen molar-refractivity contribution in [2.75, 3.05) is 20.1 Å². The van der Waals surface area contributed by atoms with Gasteiger partial charge >= 0.3 is 0 Å². The number of benzene rings is 1. The number of nitrogens with one attached hydrogen (secondary N) is 1. The minimum absolute atomic E-state index is 0.00129. The Balaban J connectivity index is 1.46. The van der Waals surface area contributed by atoms with Gasteiger partial charge in [-0.15, -0.1) is 0 Å². The van der Waals surface area contributed by atoms with Crippen LogP contribution >= 0.6 is 0 Å². The summed E-state index contributed by atoms with van der Waals surface area (Å²) in [7, 11) is 2.11. The molecule has 2 aliphatic rings. The van der Waals surface area contributed by atoms with Gasteiger partial charge in [-0.25, -0.2) is 13.8 Å². The molecule has 150 valence electrons. The number of hydrogen-bond acceptors (Lipinski definition) is 4. The van der Waals surface area contributed by atoms with Crippen molar-refractivity contribution in [3.8, 4) is 5.75 Å². The SMILES string of the molecule is CN1CCC(N[C@@H]2C[C@H]2c2cc(F)cc(F)c2OCc2cccnc2F)CC1. The predicted octanol–water partition coefficient (Wildman–Crippen LogP) is 3.62. The van der Waals surface area contributed by atoms with E-state index in [0.29, 0.717) is 11.6 Å². The zero-order chi connectivity index (χ0) is 19.7. The lowest BCUT2D eigenvalue weighted by molar-refractivity contribution is 0.233. The van der Waals surface area contributed by atoms with Crippen molar-refractivity contribution >= 4 is 0 Å². The van der Waals surface area contributed by atoms with Crippen molar-refractivity contribution in [3.05, 3.63) is 59.2 Å². The van der Waals surface area contributed by atoms with E-state index < -0.39 is 17.6 Å². The molecule has 2 aromatic rings. The first kappa shape index (κ1) is 19.2. The number of nitrogens with zero attached hydrogens (tertiary/aromatic N) is 2. The quantitative estimate of drug-likeness (QED) is 0.764. The van der Waals surface area contributed by atoms with Crippen molar-refractivity contribution in [2.45, 2.75) is 43.9 Å². The van der Waals surface area contributed by atoms with Crippen LogP contribution in [-0.4, -0.2) is 42.1 Å². The van der Waals surface area contributed by atoms with Crippen LogP contribution in [0.4, 0.5) is 13.2 Å². The van der Waals surface area contributed by atoms with E-state index in [0.717, 1.165) is 38.4 Å². The average Bonchev–Trinajstić information content (AvgIpc) is 3.42. The molecule has 0 spiro atoms. The van der Waals surface area contributed by atoms with E-state index in [9.17, 15) is 13.2 Å². The molecule has 1 saturated heterocycles. The van der Waals surface area contributed by atoms with Crippen LogP contribution < -0.4 is 10.1 Å². The third-order valence-electron chi connectivity index (χ3n) is 5.60. The van der Waals surface area contributed by atoms with E-state index in [1.165, 1.54) is 18.3 Å². The van der Waals surface area contributed by atoms with Gasteiger partial charge in [0.25, 0.3) is 0 Å². The number of likely N-dealkylation sites (tertiary alicyclic amines) is 1. The maximum atomic E-state index is 14.4. The Kier molecular flexibility index (Phi) is 5.55. The van der Waals surface area contributed by atoms with E-state index in [-0.39, 0.29) is 29.9 Å². The molecule has 7 heteroatoms. The molecule has 28 heavy (non-hydrogen) atoms. The Morgan fingerprint density at radius 1 is 1.21 bits per heavy atom. The van der Waals surface area contributed by atoms with Crippen LogP contribution in [0.1, 0.15) is 36.3 Å². The van der Waals surface area contributed by atoms with Crippen LogP contribution in [0.2, 0.25) is 0 Å². The average molecular weight is 391 g/mol. The summed E-state index contributed by atoms with van der Waals surface area (Å²) < 4.78 is 47.6. The Morgan fingerprint density at radius 3 is 2.75 bits per heavy atom. The molecular formula is C21H24F3N3O. The van der Waals surface area contributed by atoms with E-state index >= 15 is 0 Å². The molecule has 2 heterocycles. The highest BCUT2D eigenvalue weighted by atomic mass is 19.1. The first-order valence-corrected chi connectivity index (χ1v) is 9.67. The Bertz CT molecular complexity index is 840. The van der Waals surface area contributed by atoms with Gasteiger partial charge in [0.15, 0.2) is 11.6 Å². The molecule has 1 aromatic carbocycles. The van der Waals surface area contributed by atoms with Gasteiger partial charge in [-0.05, 0) is 57.6 Å². The molecule has 2 atom stereocenters. The second kappa shape index (κ2) is 8.09. The first-order valence-electron chi connectivity index (χ1n) is 9.67. The number of aromatic nitrogens is 1. The molecule has 1 aliphatic heterocycles. The minimum atomic E-state index is -0.760. The molecule has 1 aliphatic carbocycles. The van der Waals surface area contributed by atoms with E-state index in [4.69, 9.17) is 4.74 Å². The van der Waals surface area contributed by atoms with Crippen LogP contribution in [0.15, 0.2) is 30.5 Å². The number of rotatable bonds is 6. The standard InChI is InChI=1S/C21H24F3N3O/c1-27-7-4-15(5-8-27)26-19-11-16(19)17-9-14(22)10-18(23)20(17)28-12-13-3-2-6-25-21(13)24/h2-3,6,9-10,15-16,19,26H,4-5,7-8,11-12H2,1H3/t16-,19+/m0/s1. The summed E-state index contributed by atoms with van der Waals surface area (Å²) in [6, 6.07) is 5.88. The molecule has 4 rings (SSSR count). The van der Waals surface area contributed by atoms with E-state index in [2.05, 4.69) is 22.2 Å². The molecule has 0 radical (unpaired) electrons. The zero-order valence-corrected chi connectivity index (χ0v) is 15.8. The summed E-state index contributed by atoms with van der Waals surface area (Å²) in [6.07, 6.45) is 4.29. The normalized spacial score (nSPS) is 23.0. The fourth-order valence-electron chi connectivity index (χ4n) is 3.89. The monoisotopic (exact) mass is 391 g/mol. The molecule has 1 aromatic heterocycles. The van der Waals surface area contributed by atoms with Crippen LogP contribution in [-0.2, 0) is 6.61 Å². The minimum Gasteiger partial charge on any atom is -0.485 e. The van der Waals surface area contributed by atoms with Crippen LogP contribution in [0.3, 0.4) is 0 Å². The lowest BCUT2D eigenvalue weighted by atomic mass is 10.0. The van der Waals surface area contributed by atoms with Gasteiger partial charge in [-0.1, -0.05) is 0 Å². The van der Waals surface area contributed by atoms with Gasteiger partial charge in [0, 0.05) is 41.4 Å². The van der Waals surface area contributed by atoms with Gasteiger partial charge in [0.05, 0.1) is 0 Å². The van der Waals surface area contributed by atoms with Gasteiger partial charge < -0.3 is 15.0 Å². The molecule has 0 bridgehead atoms. The van der Waals surface area contributed by atoms with Crippen LogP contribution in [0.25, 0.3) is 0 Å². The Morgan fingerprint density at radius 2 is 2.00 bits per heavy atom. The molecule has 0 unspecified atom stereocenters. The highest BCUT2D eigenvalue weighted by Crippen LogP contribution is 2.46. The van der Waals surface area contributed by atoms with Gasteiger partial charge in [0.2, 0.25) is 5.95 Å². The Labute approximate surface area is 162 Å². The molecule has 2 fully saturated rings. The third-order valence-corrected chi connectivity index (χ3v) is 5.60. The van der Waals surface area contributed by atoms with Crippen molar-refractivity contribution in [1.82, 2.24) is 15.2 Å². The van der Waals surface area contributed by atoms with Crippen molar-refractivity contribution in [3.63, 3.8) is 0 Å². The Hall–Kier alpha value is -2.12. The molecule has 1 saturated carbocycles. The molecule has 0 amide bonds. The van der Waals surface area contributed by atoms with Gasteiger partial charge in [-0.3, -0.25) is 0 Å². The highest BCUT2D eigenvalue weighted by Gasteiger charge is 2.42. The lowest BCUT2D eigenvalue weighted by Gasteiger charge is -2.29. The lowest BCUT2D eigenvalue weighted by Crippen LogP contribution is -2.42. The molecular weight excluding hydrogens is 367 g/mol. The maximum absolute atomic E-state index is 14.4. The van der Waals surface area contributed by atoms with E-state index in [1.807, 2.05) is 0 Å². The molecule has 1 N–H and O–H groups in total. The number of piperidine rings is 1. The zero-order valence-electron chi connectivity index (χ0n) is 15.8. The van der Waals surface area contributed by atoms with Crippen molar-refractivity contribution in [2.24, 2.45) is 0 Å². The smallest absolute Gasteiger partial charge is 0.219 e. The second-order valence-electron chi connectivity index (χ2n) is 7.74. The number of hydrogen-bond donors (Lipinski definition) is 1. The summed E-state index contributed by atoms with van der Waals surface area (Å²) in [5, 5.41) is 3.61. The second-order valence-corrected chi connectivity index (χ2v) is 7.74. The summed E-state index contributed by atoms with van der Waals surface area (Å²) in [5.41, 5.74) is 0.737. The number of halogens is 3. The van der Waals surface area contributed by atoms with Gasteiger partial charge in [0.1, 0.15) is 12.4 Å². The summed E-state index contributed by atoms with van der Waals surface area (Å²) >= 11 is 0. The predicted molar refractivity (Wildman–Crippen MR) is 99.7 cm³/mol. The number of ether oxygens (including phenoxy) is 1. The topological polar surface area (TPSA) is 37.4 Å². The van der Waals surface area contributed by atoms with Crippen molar-refractivity contribution in [1.29, 1.82) is 0 Å². The fraction of sp³-hybridized carbons (Fsp3) is 0.476. The maximum Gasteiger partial charge on any atom is 0.219 e. The summed E-state index contributed by atoms with van der Waals surface area (Å²) in [6.45, 7) is 1.94. The van der Waals surface area contributed by atoms with Crippen molar-refractivity contribution < 1.29 is 17.9 Å². The summed E-state index contributed by atoms with van der Waals surface area (Å²) in [5.74, 6) is -2.04. The highest BCUT2D eigenvalue weighted by molar-refractivity contribution is 5.42. The van der Waals surface area contributed by atoms with E-state index in [1.54, 1.807) is 6.07 Å². The van der Waals surface area contributed by atoms with Crippen LogP contribution in [0, 0.1) is 17.6 Å². The third kappa shape index (κ3) is 4.31.